The van der Waals surface area contributed by atoms with Crippen LogP contribution in [0.5, 0.6) is 5.75 Å². The van der Waals surface area contributed by atoms with Gasteiger partial charge in [-0.05, 0) is 60.9 Å². The smallest absolute Gasteiger partial charge is 0.147 e. The first kappa shape index (κ1) is 13.9. The zero-order chi connectivity index (χ0) is 13.9. The molecule has 3 rings (SSSR count). The van der Waals surface area contributed by atoms with Crippen molar-refractivity contribution in [3.05, 3.63) is 74.3 Å². The molecule has 3 aromatic carbocycles. The highest BCUT2D eigenvalue weighted by molar-refractivity contribution is 14.1. The molecule has 0 aliphatic heterocycles. The van der Waals surface area contributed by atoms with Crippen molar-refractivity contribution in [3.63, 3.8) is 0 Å². The first-order chi connectivity index (χ1) is 9.75. The Morgan fingerprint density at radius 3 is 2.45 bits per heavy atom. The van der Waals surface area contributed by atoms with Crippen LogP contribution in [0.2, 0.25) is 0 Å². The van der Waals surface area contributed by atoms with E-state index in [1.807, 2.05) is 24.3 Å². The average Bonchev–Trinajstić information content (AvgIpc) is 2.48. The first-order valence-electron chi connectivity index (χ1n) is 6.29. The molecule has 0 aliphatic rings. The highest BCUT2D eigenvalue weighted by atomic mass is 127. The van der Waals surface area contributed by atoms with Gasteiger partial charge in [0.15, 0.2) is 0 Å². The Balaban J connectivity index is 1.95. The van der Waals surface area contributed by atoms with E-state index < -0.39 is 0 Å². The lowest BCUT2D eigenvalue weighted by atomic mass is 10.1. The number of benzene rings is 3. The quantitative estimate of drug-likeness (QED) is 0.470. The molecule has 0 spiro atoms. The van der Waals surface area contributed by atoms with Gasteiger partial charge in [-0.2, -0.15) is 0 Å². The zero-order valence-electron chi connectivity index (χ0n) is 10.6. The molecule has 0 bridgehead atoms. The Bertz CT molecular complexity index is 741. The van der Waals surface area contributed by atoms with Crippen molar-refractivity contribution in [1.82, 2.24) is 0 Å². The molecule has 3 aromatic rings. The number of hydrogen-bond acceptors (Lipinski definition) is 1. The van der Waals surface area contributed by atoms with Gasteiger partial charge in [0.2, 0.25) is 0 Å². The van der Waals surface area contributed by atoms with Crippen LogP contribution >= 0.6 is 38.5 Å². The van der Waals surface area contributed by atoms with Gasteiger partial charge in [0.05, 0.1) is 8.04 Å². The molecule has 100 valence electrons. The van der Waals surface area contributed by atoms with Crippen LogP contribution in [0, 0.1) is 3.57 Å². The lowest BCUT2D eigenvalue weighted by molar-refractivity contribution is 0.302. The summed E-state index contributed by atoms with van der Waals surface area (Å²) < 4.78 is 8.15. The number of fused-ring (bicyclic) bond motifs is 1. The second kappa shape index (κ2) is 6.14. The fraction of sp³-hybridized carbons (Fsp3) is 0.0588. The Hall–Kier alpha value is -1.07. The summed E-state index contributed by atoms with van der Waals surface area (Å²) in [6.07, 6.45) is 0. The maximum Gasteiger partial charge on any atom is 0.147 e. The highest BCUT2D eigenvalue weighted by Crippen LogP contribution is 2.37. The fourth-order valence-corrected chi connectivity index (χ4v) is 3.93. The van der Waals surface area contributed by atoms with Crippen molar-refractivity contribution in [2.24, 2.45) is 0 Å². The molecule has 0 fully saturated rings. The summed E-state index contributed by atoms with van der Waals surface area (Å²) >= 11 is 6.00. The molecule has 3 heteroatoms. The average molecular weight is 439 g/mol. The van der Waals surface area contributed by atoms with Gasteiger partial charge in [0.1, 0.15) is 12.4 Å². The molecule has 0 heterocycles. The van der Waals surface area contributed by atoms with E-state index in [2.05, 4.69) is 74.9 Å². The molecule has 0 N–H and O–H groups in total. The summed E-state index contributed by atoms with van der Waals surface area (Å²) in [5.74, 6) is 0.910. The number of rotatable bonds is 3. The molecule has 20 heavy (non-hydrogen) atoms. The largest absolute Gasteiger partial charge is 0.487 e. The Kier molecular flexibility index (Phi) is 4.27. The third kappa shape index (κ3) is 2.83. The van der Waals surface area contributed by atoms with E-state index in [1.165, 1.54) is 16.3 Å². The lowest BCUT2D eigenvalue weighted by Crippen LogP contribution is -1.98. The van der Waals surface area contributed by atoms with Gasteiger partial charge in [-0.1, -0.05) is 54.6 Å². The minimum absolute atomic E-state index is 0.577. The molecule has 0 radical (unpaired) electrons. The van der Waals surface area contributed by atoms with E-state index in [1.54, 1.807) is 0 Å². The first-order valence-corrected chi connectivity index (χ1v) is 8.16. The molecular weight excluding hydrogens is 427 g/mol. The molecule has 0 aliphatic carbocycles. The third-order valence-electron chi connectivity index (χ3n) is 3.12. The van der Waals surface area contributed by atoms with Gasteiger partial charge in [0, 0.05) is 0 Å². The van der Waals surface area contributed by atoms with Gasteiger partial charge >= 0.3 is 0 Å². The zero-order valence-corrected chi connectivity index (χ0v) is 14.4. The summed E-state index contributed by atoms with van der Waals surface area (Å²) in [7, 11) is 0. The van der Waals surface area contributed by atoms with Crippen molar-refractivity contribution in [2.75, 3.05) is 0 Å². The fourth-order valence-electron chi connectivity index (χ4n) is 2.11. The van der Waals surface area contributed by atoms with Crippen molar-refractivity contribution in [2.45, 2.75) is 6.61 Å². The van der Waals surface area contributed by atoms with Crippen LogP contribution in [-0.2, 0) is 6.61 Å². The van der Waals surface area contributed by atoms with Crippen molar-refractivity contribution in [1.29, 1.82) is 0 Å². The Morgan fingerprint density at radius 1 is 0.950 bits per heavy atom. The predicted molar refractivity (Wildman–Crippen MR) is 95.1 cm³/mol. The number of hydrogen-bond donors (Lipinski definition) is 0. The monoisotopic (exact) mass is 438 g/mol. The Labute approximate surface area is 140 Å². The topological polar surface area (TPSA) is 9.23 Å². The second-order valence-electron chi connectivity index (χ2n) is 4.50. The van der Waals surface area contributed by atoms with E-state index >= 15 is 0 Å². The standard InChI is InChI=1S/C17H12BrIO/c18-16-14-9-5-4-8-13(14)10-15(19)17(16)20-11-12-6-2-1-3-7-12/h1-10H,11H2. The van der Waals surface area contributed by atoms with E-state index in [0.717, 1.165) is 13.8 Å². The van der Waals surface area contributed by atoms with Crippen molar-refractivity contribution in [3.8, 4) is 5.75 Å². The minimum Gasteiger partial charge on any atom is -0.487 e. The SMILES string of the molecule is Brc1c(OCc2ccccc2)c(I)cc2ccccc12. The molecule has 1 nitrogen and oxygen atoms in total. The van der Waals surface area contributed by atoms with Crippen molar-refractivity contribution < 1.29 is 4.74 Å². The summed E-state index contributed by atoms with van der Waals surface area (Å²) in [6.45, 7) is 0.577. The van der Waals surface area contributed by atoms with Crippen LogP contribution < -0.4 is 4.74 Å². The molecule has 0 aromatic heterocycles. The van der Waals surface area contributed by atoms with Gasteiger partial charge in [0.25, 0.3) is 0 Å². The Morgan fingerprint density at radius 2 is 1.65 bits per heavy atom. The summed E-state index contributed by atoms with van der Waals surface area (Å²) in [5.41, 5.74) is 1.17. The summed E-state index contributed by atoms with van der Waals surface area (Å²) in [5, 5.41) is 2.40. The number of ether oxygens (including phenoxy) is 1. The molecule has 0 atom stereocenters. The van der Waals surface area contributed by atoms with Crippen LogP contribution in [-0.4, -0.2) is 0 Å². The normalized spacial score (nSPS) is 10.7. The van der Waals surface area contributed by atoms with Crippen LogP contribution in [0.4, 0.5) is 0 Å². The second-order valence-corrected chi connectivity index (χ2v) is 6.45. The minimum atomic E-state index is 0.577. The summed E-state index contributed by atoms with van der Waals surface area (Å²) in [6, 6.07) is 20.7. The van der Waals surface area contributed by atoms with Gasteiger partial charge in [-0.25, -0.2) is 0 Å². The van der Waals surface area contributed by atoms with Crippen LogP contribution in [0.3, 0.4) is 0 Å². The summed E-state index contributed by atoms with van der Waals surface area (Å²) in [4.78, 5) is 0. The molecule has 0 amide bonds. The maximum atomic E-state index is 6.01. The van der Waals surface area contributed by atoms with Gasteiger partial charge in [-0.3, -0.25) is 0 Å². The van der Waals surface area contributed by atoms with E-state index in [4.69, 9.17) is 4.74 Å². The van der Waals surface area contributed by atoms with Crippen LogP contribution in [0.1, 0.15) is 5.56 Å². The highest BCUT2D eigenvalue weighted by Gasteiger charge is 2.11. The third-order valence-corrected chi connectivity index (χ3v) is 4.71. The molecule has 0 saturated carbocycles. The van der Waals surface area contributed by atoms with Crippen molar-refractivity contribution >= 4 is 49.3 Å². The van der Waals surface area contributed by atoms with E-state index in [9.17, 15) is 0 Å². The molecule has 0 saturated heterocycles. The van der Waals surface area contributed by atoms with Crippen LogP contribution in [0.15, 0.2) is 65.1 Å². The lowest BCUT2D eigenvalue weighted by Gasteiger charge is -2.13. The molecule has 0 unspecified atom stereocenters. The van der Waals surface area contributed by atoms with E-state index in [0.29, 0.717) is 6.61 Å². The van der Waals surface area contributed by atoms with Gasteiger partial charge in [-0.15, -0.1) is 0 Å². The maximum absolute atomic E-state index is 6.01. The van der Waals surface area contributed by atoms with Gasteiger partial charge < -0.3 is 4.74 Å². The predicted octanol–water partition coefficient (Wildman–Crippen LogP) is 5.79. The van der Waals surface area contributed by atoms with Crippen LogP contribution in [0.25, 0.3) is 10.8 Å². The molecular formula is C17H12BrIO. The number of halogens is 2. The van der Waals surface area contributed by atoms with E-state index in [-0.39, 0.29) is 0 Å².